The molecule has 0 atom stereocenters. The molecule has 76 valence electrons. The van der Waals surface area contributed by atoms with E-state index >= 15 is 0 Å². The molecule has 0 aliphatic heterocycles. The Balaban J connectivity index is 2.73. The number of carbonyl (C=O) groups excluding carboxylic acids is 1. The molecule has 0 aromatic heterocycles. The van der Waals surface area contributed by atoms with Crippen molar-refractivity contribution in [1.29, 1.82) is 0 Å². The smallest absolute Gasteiger partial charge is 0.223 e. The molecular weight excluding hydrogens is 194 g/mol. The van der Waals surface area contributed by atoms with Crippen molar-refractivity contribution in [1.82, 2.24) is 0 Å². The van der Waals surface area contributed by atoms with Gasteiger partial charge in [-0.25, -0.2) is 0 Å². The minimum atomic E-state index is 0.0815. The van der Waals surface area contributed by atoms with Crippen LogP contribution in [-0.4, -0.2) is 18.2 Å². The van der Waals surface area contributed by atoms with Crippen molar-refractivity contribution in [3.8, 4) is 0 Å². The predicted molar refractivity (Wildman–Crippen MR) is 62.9 cm³/mol. The van der Waals surface area contributed by atoms with Gasteiger partial charge in [0.15, 0.2) is 0 Å². The van der Waals surface area contributed by atoms with E-state index in [-0.39, 0.29) is 5.91 Å². The third kappa shape index (κ3) is 3.07. The van der Waals surface area contributed by atoms with Gasteiger partial charge < -0.3 is 4.90 Å². The summed E-state index contributed by atoms with van der Waals surface area (Å²) in [6.45, 7) is 2.33. The summed E-state index contributed by atoms with van der Waals surface area (Å²) >= 11 is 4.14. The molecule has 0 unspecified atom stereocenters. The van der Waals surface area contributed by atoms with Gasteiger partial charge in [-0.2, -0.15) is 12.6 Å². The molecule has 1 rings (SSSR count). The fourth-order valence-electron chi connectivity index (χ4n) is 1.31. The highest BCUT2D eigenvalue weighted by Gasteiger charge is 2.09. The Morgan fingerprint density at radius 2 is 2.00 bits per heavy atom. The maximum absolute atomic E-state index is 11.4. The van der Waals surface area contributed by atoms with Gasteiger partial charge in [-0.3, -0.25) is 4.79 Å². The van der Waals surface area contributed by atoms with E-state index < -0.39 is 0 Å². The molecule has 3 heteroatoms. The van der Waals surface area contributed by atoms with E-state index in [1.165, 1.54) is 0 Å². The van der Waals surface area contributed by atoms with Crippen LogP contribution < -0.4 is 4.90 Å². The van der Waals surface area contributed by atoms with Crippen LogP contribution in [0.15, 0.2) is 30.3 Å². The number of hydrogen-bond acceptors (Lipinski definition) is 2. The molecule has 0 saturated heterocycles. The molecular formula is C11H15NOS. The van der Waals surface area contributed by atoms with Crippen LogP contribution in [-0.2, 0) is 4.79 Å². The predicted octanol–water partition coefficient (Wildman–Crippen LogP) is 2.36. The van der Waals surface area contributed by atoms with E-state index in [0.29, 0.717) is 0 Å². The molecule has 1 aromatic rings. The summed E-state index contributed by atoms with van der Waals surface area (Å²) in [5, 5.41) is 0. The van der Waals surface area contributed by atoms with E-state index in [1.54, 1.807) is 11.8 Å². The van der Waals surface area contributed by atoms with Crippen LogP contribution in [0, 0.1) is 0 Å². The van der Waals surface area contributed by atoms with Gasteiger partial charge in [0.05, 0.1) is 0 Å². The molecule has 0 radical (unpaired) electrons. The number of para-hydroxylation sites is 1. The van der Waals surface area contributed by atoms with Crippen LogP contribution in [0.4, 0.5) is 5.69 Å². The van der Waals surface area contributed by atoms with Crippen molar-refractivity contribution in [3.63, 3.8) is 0 Å². The lowest BCUT2D eigenvalue weighted by Crippen LogP contribution is -2.29. The van der Waals surface area contributed by atoms with Crippen LogP contribution >= 0.6 is 12.6 Å². The highest BCUT2D eigenvalue weighted by Crippen LogP contribution is 2.13. The largest absolute Gasteiger partial charge is 0.313 e. The van der Waals surface area contributed by atoms with Gasteiger partial charge in [0.1, 0.15) is 0 Å². The van der Waals surface area contributed by atoms with E-state index in [9.17, 15) is 4.79 Å². The first kappa shape index (κ1) is 11.1. The van der Waals surface area contributed by atoms with Gasteiger partial charge in [0, 0.05) is 19.2 Å². The summed E-state index contributed by atoms with van der Waals surface area (Å²) < 4.78 is 0. The van der Waals surface area contributed by atoms with E-state index in [1.807, 2.05) is 30.3 Å². The lowest BCUT2D eigenvalue weighted by molar-refractivity contribution is -0.116. The molecule has 1 aromatic carbocycles. The minimum Gasteiger partial charge on any atom is -0.313 e. The van der Waals surface area contributed by atoms with Crippen molar-refractivity contribution in [2.24, 2.45) is 0 Å². The number of thiol groups is 1. The fourth-order valence-corrected chi connectivity index (χ4v) is 1.45. The molecule has 0 heterocycles. The van der Waals surface area contributed by atoms with E-state index in [2.05, 4.69) is 12.6 Å². The van der Waals surface area contributed by atoms with Gasteiger partial charge in [-0.1, -0.05) is 18.2 Å². The second-order valence-electron chi connectivity index (χ2n) is 3.08. The highest BCUT2D eigenvalue weighted by atomic mass is 32.1. The first-order valence-corrected chi connectivity index (χ1v) is 5.33. The molecule has 0 bridgehead atoms. The Bertz CT molecular complexity index is 287. The average molecular weight is 209 g/mol. The standard InChI is InChI=1S/C11H15NOS/c1-10(13)12(8-5-9-14)11-6-3-2-4-7-11/h2-4,6-7,14H,5,8-9H2,1H3. The minimum absolute atomic E-state index is 0.0815. The zero-order valence-electron chi connectivity index (χ0n) is 8.31. The average Bonchev–Trinajstić information content (AvgIpc) is 2.19. The molecule has 0 N–H and O–H groups in total. The monoisotopic (exact) mass is 209 g/mol. The lowest BCUT2D eigenvalue weighted by atomic mass is 10.2. The van der Waals surface area contributed by atoms with Crippen molar-refractivity contribution in [2.45, 2.75) is 13.3 Å². The number of anilines is 1. The number of nitrogens with zero attached hydrogens (tertiary/aromatic N) is 1. The molecule has 14 heavy (non-hydrogen) atoms. The SMILES string of the molecule is CC(=O)N(CCCS)c1ccccc1. The number of carbonyl (C=O) groups is 1. The maximum atomic E-state index is 11.4. The molecule has 0 saturated carbocycles. The number of amides is 1. The van der Waals surface area contributed by atoms with Gasteiger partial charge in [-0.05, 0) is 24.3 Å². The summed E-state index contributed by atoms with van der Waals surface area (Å²) in [5.74, 6) is 0.884. The Morgan fingerprint density at radius 1 is 1.36 bits per heavy atom. The molecule has 0 aliphatic carbocycles. The van der Waals surface area contributed by atoms with Crippen LogP contribution in [0.3, 0.4) is 0 Å². The highest BCUT2D eigenvalue weighted by molar-refractivity contribution is 7.80. The Labute approximate surface area is 90.3 Å². The lowest BCUT2D eigenvalue weighted by Gasteiger charge is -2.20. The normalized spacial score (nSPS) is 9.86. The Hall–Kier alpha value is -0.960. The number of hydrogen-bond donors (Lipinski definition) is 1. The van der Waals surface area contributed by atoms with Crippen LogP contribution in [0.5, 0.6) is 0 Å². The van der Waals surface area contributed by atoms with Gasteiger partial charge in [0.2, 0.25) is 5.91 Å². The first-order valence-electron chi connectivity index (χ1n) is 4.69. The third-order valence-corrected chi connectivity index (χ3v) is 2.30. The number of benzene rings is 1. The van der Waals surface area contributed by atoms with Crippen LogP contribution in [0.2, 0.25) is 0 Å². The second-order valence-corrected chi connectivity index (χ2v) is 3.53. The van der Waals surface area contributed by atoms with Crippen molar-refractivity contribution >= 4 is 24.2 Å². The Morgan fingerprint density at radius 3 is 2.50 bits per heavy atom. The molecule has 0 aliphatic rings. The molecule has 1 amide bonds. The van der Waals surface area contributed by atoms with Crippen molar-refractivity contribution in [2.75, 3.05) is 17.2 Å². The van der Waals surface area contributed by atoms with Gasteiger partial charge >= 0.3 is 0 Å². The van der Waals surface area contributed by atoms with Crippen molar-refractivity contribution < 1.29 is 4.79 Å². The van der Waals surface area contributed by atoms with Gasteiger partial charge in [0.25, 0.3) is 0 Å². The summed E-state index contributed by atoms with van der Waals surface area (Å²) in [7, 11) is 0. The zero-order valence-corrected chi connectivity index (χ0v) is 9.21. The van der Waals surface area contributed by atoms with E-state index in [4.69, 9.17) is 0 Å². The van der Waals surface area contributed by atoms with E-state index in [0.717, 1.165) is 24.4 Å². The van der Waals surface area contributed by atoms with Crippen LogP contribution in [0.1, 0.15) is 13.3 Å². The number of rotatable bonds is 4. The molecule has 2 nitrogen and oxygen atoms in total. The summed E-state index contributed by atoms with van der Waals surface area (Å²) in [5.41, 5.74) is 0.960. The van der Waals surface area contributed by atoms with Crippen molar-refractivity contribution in [3.05, 3.63) is 30.3 Å². The van der Waals surface area contributed by atoms with Crippen LogP contribution in [0.25, 0.3) is 0 Å². The topological polar surface area (TPSA) is 20.3 Å². The zero-order chi connectivity index (χ0) is 10.4. The summed E-state index contributed by atoms with van der Waals surface area (Å²) in [4.78, 5) is 13.1. The summed E-state index contributed by atoms with van der Waals surface area (Å²) in [6.07, 6.45) is 0.914. The second kappa shape index (κ2) is 5.70. The quantitative estimate of drug-likeness (QED) is 0.755. The maximum Gasteiger partial charge on any atom is 0.223 e. The molecule has 0 spiro atoms. The fraction of sp³-hybridized carbons (Fsp3) is 0.364. The van der Waals surface area contributed by atoms with Gasteiger partial charge in [-0.15, -0.1) is 0 Å². The third-order valence-electron chi connectivity index (χ3n) is 1.99. The molecule has 0 fully saturated rings. The Kier molecular flexibility index (Phi) is 4.53. The first-order chi connectivity index (χ1) is 6.75. The summed E-state index contributed by atoms with van der Waals surface area (Å²) in [6, 6.07) is 9.71.